The maximum absolute atomic E-state index is 2.75. The first-order valence-corrected chi connectivity index (χ1v) is 9.88. The first-order chi connectivity index (χ1) is 11.7. The number of nitrogens with zero attached hydrogens (tertiary/aromatic N) is 2. The fraction of sp³-hybridized carbons (Fsp3) is 0.591. The van der Waals surface area contributed by atoms with Crippen molar-refractivity contribution in [1.29, 1.82) is 0 Å². The molecular formula is C22H31N2+. The summed E-state index contributed by atoms with van der Waals surface area (Å²) in [6.45, 7) is 6.93. The molecule has 2 aliphatic carbocycles. The van der Waals surface area contributed by atoms with Crippen molar-refractivity contribution in [2.24, 2.45) is 0 Å². The Balaban J connectivity index is 1.95. The van der Waals surface area contributed by atoms with Crippen LogP contribution in [0.2, 0.25) is 0 Å². The zero-order valence-electron chi connectivity index (χ0n) is 15.5. The summed E-state index contributed by atoms with van der Waals surface area (Å²) in [5, 5.41) is 0. The monoisotopic (exact) mass is 323 g/mol. The smallest absolute Gasteiger partial charge is 0.228 e. The summed E-state index contributed by atoms with van der Waals surface area (Å²) in [5.74, 6) is 2.33. The molecule has 2 heteroatoms. The standard InChI is InChI=1S/C22H31N2/c1-16-10-4-9-15-21(16)24-18(3)17(2)23(20-13-7-8-14-20)22(24)19-11-5-6-12-19/h4,9-10,15,19-20H,5-8,11-14H2,1-3H3/q+1. The molecule has 0 atom stereocenters. The van der Waals surface area contributed by atoms with Crippen molar-refractivity contribution in [2.75, 3.05) is 0 Å². The van der Waals surface area contributed by atoms with E-state index in [4.69, 9.17) is 0 Å². The number of aryl methyl sites for hydroxylation is 1. The summed E-state index contributed by atoms with van der Waals surface area (Å²) in [6.07, 6.45) is 11.0. The van der Waals surface area contributed by atoms with E-state index in [1.54, 1.807) is 5.82 Å². The van der Waals surface area contributed by atoms with Crippen LogP contribution in [0.25, 0.3) is 5.69 Å². The molecule has 0 unspecified atom stereocenters. The van der Waals surface area contributed by atoms with Gasteiger partial charge in [-0.2, -0.15) is 4.57 Å². The Morgan fingerprint density at radius 1 is 0.875 bits per heavy atom. The van der Waals surface area contributed by atoms with Gasteiger partial charge in [-0.1, -0.05) is 31.0 Å². The molecule has 4 rings (SSSR count). The molecule has 0 N–H and O–H groups in total. The maximum Gasteiger partial charge on any atom is 0.265 e. The van der Waals surface area contributed by atoms with Crippen LogP contribution in [0.5, 0.6) is 0 Å². The van der Waals surface area contributed by atoms with Crippen LogP contribution < -0.4 is 4.57 Å². The molecule has 24 heavy (non-hydrogen) atoms. The van der Waals surface area contributed by atoms with Crippen molar-refractivity contribution in [2.45, 2.75) is 84.1 Å². The summed E-state index contributed by atoms with van der Waals surface area (Å²) in [5.41, 5.74) is 5.70. The Labute approximate surface area is 146 Å². The summed E-state index contributed by atoms with van der Waals surface area (Å²) < 4.78 is 5.36. The van der Waals surface area contributed by atoms with Crippen molar-refractivity contribution in [3.8, 4) is 5.69 Å². The minimum atomic E-state index is 0.726. The SMILES string of the molecule is Cc1ccccc1-n1c(C)c(C)[n+](C2CCCC2)c1C1CCCC1. The molecule has 1 heterocycles. The Hall–Kier alpha value is -1.57. The van der Waals surface area contributed by atoms with Crippen LogP contribution >= 0.6 is 0 Å². The average molecular weight is 324 g/mol. The first kappa shape index (κ1) is 15.9. The van der Waals surface area contributed by atoms with Crippen LogP contribution in [0, 0.1) is 20.8 Å². The molecule has 2 aliphatic rings. The molecule has 1 aromatic carbocycles. The minimum Gasteiger partial charge on any atom is -0.228 e. The lowest BCUT2D eigenvalue weighted by molar-refractivity contribution is -0.734. The van der Waals surface area contributed by atoms with Gasteiger partial charge >= 0.3 is 0 Å². The lowest BCUT2D eigenvalue weighted by Gasteiger charge is -2.15. The number of para-hydroxylation sites is 1. The third kappa shape index (κ3) is 2.51. The topological polar surface area (TPSA) is 8.81 Å². The highest BCUT2D eigenvalue weighted by atomic mass is 15.2. The van der Waals surface area contributed by atoms with Crippen LogP contribution in [0.15, 0.2) is 24.3 Å². The predicted molar refractivity (Wildman–Crippen MR) is 98.9 cm³/mol. The van der Waals surface area contributed by atoms with Gasteiger partial charge in [0.25, 0.3) is 5.82 Å². The summed E-state index contributed by atoms with van der Waals surface area (Å²) in [4.78, 5) is 0. The third-order valence-corrected chi connectivity index (χ3v) is 6.46. The quantitative estimate of drug-likeness (QED) is 0.663. The normalized spacial score (nSPS) is 19.5. The van der Waals surface area contributed by atoms with E-state index in [1.807, 2.05) is 0 Å². The van der Waals surface area contributed by atoms with Crippen LogP contribution in [0.3, 0.4) is 0 Å². The number of benzene rings is 1. The maximum atomic E-state index is 2.75. The number of aromatic nitrogens is 2. The average Bonchev–Trinajstić information content (AvgIpc) is 3.31. The van der Waals surface area contributed by atoms with E-state index in [1.165, 1.54) is 74.0 Å². The van der Waals surface area contributed by atoms with Gasteiger partial charge in [0, 0.05) is 13.8 Å². The summed E-state index contributed by atoms with van der Waals surface area (Å²) in [6, 6.07) is 9.63. The second-order valence-corrected chi connectivity index (χ2v) is 7.94. The van der Waals surface area contributed by atoms with Crippen molar-refractivity contribution < 1.29 is 4.57 Å². The van der Waals surface area contributed by atoms with Gasteiger partial charge in [-0.05, 0) is 57.1 Å². The van der Waals surface area contributed by atoms with Gasteiger partial charge in [-0.25, -0.2) is 4.57 Å². The lowest BCUT2D eigenvalue weighted by atomic mass is 10.1. The molecule has 0 aliphatic heterocycles. The Bertz CT molecular complexity index is 729. The van der Waals surface area contributed by atoms with Crippen LogP contribution in [-0.2, 0) is 0 Å². The van der Waals surface area contributed by atoms with Gasteiger partial charge < -0.3 is 0 Å². The van der Waals surface area contributed by atoms with Gasteiger partial charge in [0.1, 0.15) is 23.1 Å². The highest BCUT2D eigenvalue weighted by molar-refractivity contribution is 5.43. The molecule has 2 fully saturated rings. The Kier molecular flexibility index (Phi) is 4.24. The number of imidazole rings is 1. The fourth-order valence-corrected chi connectivity index (χ4v) is 5.09. The highest BCUT2D eigenvalue weighted by Crippen LogP contribution is 2.38. The van der Waals surface area contributed by atoms with Gasteiger partial charge in [-0.3, -0.25) is 0 Å². The first-order valence-electron chi connectivity index (χ1n) is 9.88. The van der Waals surface area contributed by atoms with E-state index in [0.717, 1.165) is 12.0 Å². The van der Waals surface area contributed by atoms with Gasteiger partial charge in [0.2, 0.25) is 0 Å². The van der Waals surface area contributed by atoms with Gasteiger partial charge in [-0.15, -0.1) is 0 Å². The van der Waals surface area contributed by atoms with E-state index in [9.17, 15) is 0 Å². The van der Waals surface area contributed by atoms with E-state index >= 15 is 0 Å². The summed E-state index contributed by atoms with van der Waals surface area (Å²) in [7, 11) is 0. The molecule has 0 radical (unpaired) electrons. The van der Waals surface area contributed by atoms with E-state index in [2.05, 4.69) is 54.2 Å². The number of hydrogen-bond acceptors (Lipinski definition) is 0. The zero-order chi connectivity index (χ0) is 16.7. The van der Waals surface area contributed by atoms with Crippen LogP contribution in [0.4, 0.5) is 0 Å². The number of hydrogen-bond donors (Lipinski definition) is 0. The van der Waals surface area contributed by atoms with E-state index in [0.29, 0.717) is 0 Å². The molecule has 0 spiro atoms. The Morgan fingerprint density at radius 3 is 2.17 bits per heavy atom. The zero-order valence-corrected chi connectivity index (χ0v) is 15.5. The van der Waals surface area contributed by atoms with E-state index < -0.39 is 0 Å². The highest BCUT2D eigenvalue weighted by Gasteiger charge is 2.38. The largest absolute Gasteiger partial charge is 0.265 e. The molecular weight excluding hydrogens is 292 g/mol. The minimum absolute atomic E-state index is 0.726. The van der Waals surface area contributed by atoms with Gasteiger partial charge in [0.05, 0.1) is 5.92 Å². The molecule has 2 aromatic rings. The predicted octanol–water partition coefficient (Wildman–Crippen LogP) is 5.46. The molecule has 0 bridgehead atoms. The summed E-state index contributed by atoms with van der Waals surface area (Å²) >= 11 is 0. The fourth-order valence-electron chi connectivity index (χ4n) is 5.09. The lowest BCUT2D eigenvalue weighted by Crippen LogP contribution is -2.44. The van der Waals surface area contributed by atoms with Crippen molar-refractivity contribution in [3.05, 3.63) is 47.0 Å². The molecule has 2 saturated carbocycles. The van der Waals surface area contributed by atoms with Crippen LogP contribution in [0.1, 0.15) is 86.1 Å². The van der Waals surface area contributed by atoms with Crippen LogP contribution in [-0.4, -0.2) is 4.57 Å². The second-order valence-electron chi connectivity index (χ2n) is 7.94. The van der Waals surface area contributed by atoms with Crippen molar-refractivity contribution in [1.82, 2.24) is 4.57 Å². The second kappa shape index (κ2) is 6.38. The third-order valence-electron chi connectivity index (χ3n) is 6.46. The molecule has 2 nitrogen and oxygen atoms in total. The molecule has 1 aromatic heterocycles. The Morgan fingerprint density at radius 2 is 1.50 bits per heavy atom. The van der Waals surface area contributed by atoms with Crippen molar-refractivity contribution >= 4 is 0 Å². The molecule has 0 amide bonds. The van der Waals surface area contributed by atoms with Gasteiger partial charge in [0.15, 0.2) is 0 Å². The molecule has 0 saturated heterocycles. The molecule has 128 valence electrons. The number of rotatable bonds is 3. The van der Waals surface area contributed by atoms with Crippen molar-refractivity contribution in [3.63, 3.8) is 0 Å². The van der Waals surface area contributed by atoms with E-state index in [-0.39, 0.29) is 0 Å².